The Morgan fingerprint density at radius 2 is 1.53 bits per heavy atom. The number of hydrogen-bond donors (Lipinski definition) is 1. The van der Waals surface area contributed by atoms with Gasteiger partial charge in [-0.1, -0.05) is 53.7 Å². The summed E-state index contributed by atoms with van der Waals surface area (Å²) in [5.74, 6) is -0.346. The molecule has 2 nitrogen and oxygen atoms in total. The van der Waals surface area contributed by atoms with Crippen LogP contribution in [-0.2, 0) is 10.8 Å². The van der Waals surface area contributed by atoms with Gasteiger partial charge in [0.15, 0.2) is 0 Å². The van der Waals surface area contributed by atoms with E-state index in [9.17, 15) is 4.79 Å². The minimum absolute atomic E-state index is 0.00801. The molecule has 1 rings (SSSR count). The Hall–Kier alpha value is -1.31. The Balaban J connectivity index is 3.64. The minimum atomic E-state index is -0.346. The van der Waals surface area contributed by atoms with Crippen molar-refractivity contribution in [3.8, 4) is 0 Å². The lowest BCUT2D eigenvalue weighted by atomic mass is 9.73. The van der Waals surface area contributed by atoms with E-state index >= 15 is 0 Å². The molecule has 1 aromatic rings. The third-order valence-electron chi connectivity index (χ3n) is 2.89. The second kappa shape index (κ2) is 4.17. The Labute approximate surface area is 104 Å². The van der Waals surface area contributed by atoms with Gasteiger partial charge in [-0.05, 0) is 28.0 Å². The standard InChI is InChI=1S/C15H23NO/c1-14(2,3)11-9-7-8-10(13(16)17)12(11)15(4,5)6/h7-9H,1-6H3,(H2,16,17). The fraction of sp³-hybridized carbons (Fsp3) is 0.533. The highest BCUT2D eigenvalue weighted by Gasteiger charge is 2.28. The van der Waals surface area contributed by atoms with E-state index in [-0.39, 0.29) is 16.7 Å². The summed E-state index contributed by atoms with van der Waals surface area (Å²) in [6.07, 6.45) is 0. The van der Waals surface area contributed by atoms with Crippen molar-refractivity contribution in [2.24, 2.45) is 5.73 Å². The quantitative estimate of drug-likeness (QED) is 0.794. The van der Waals surface area contributed by atoms with Crippen LogP contribution in [0.2, 0.25) is 0 Å². The molecule has 0 aromatic heterocycles. The van der Waals surface area contributed by atoms with E-state index in [0.717, 1.165) is 5.56 Å². The topological polar surface area (TPSA) is 43.1 Å². The van der Waals surface area contributed by atoms with Crippen LogP contribution in [-0.4, -0.2) is 5.91 Å². The molecule has 1 aromatic carbocycles. The Morgan fingerprint density at radius 1 is 1.00 bits per heavy atom. The van der Waals surface area contributed by atoms with Crippen molar-refractivity contribution in [2.75, 3.05) is 0 Å². The van der Waals surface area contributed by atoms with Crippen molar-refractivity contribution in [1.29, 1.82) is 0 Å². The van der Waals surface area contributed by atoms with E-state index in [1.54, 1.807) is 0 Å². The molecule has 2 N–H and O–H groups in total. The molecule has 0 aliphatic rings. The minimum Gasteiger partial charge on any atom is -0.366 e. The fourth-order valence-electron chi connectivity index (χ4n) is 2.19. The zero-order chi connectivity index (χ0) is 13.4. The summed E-state index contributed by atoms with van der Waals surface area (Å²) in [7, 11) is 0. The summed E-state index contributed by atoms with van der Waals surface area (Å²) < 4.78 is 0. The average Bonchev–Trinajstić information content (AvgIpc) is 2.13. The zero-order valence-electron chi connectivity index (χ0n) is 11.7. The molecule has 2 heteroatoms. The first-order chi connectivity index (χ1) is 7.55. The molecule has 0 aliphatic heterocycles. The molecule has 94 valence electrons. The molecule has 0 radical (unpaired) electrons. The van der Waals surface area contributed by atoms with Crippen LogP contribution in [0.15, 0.2) is 18.2 Å². The second-order valence-electron chi connectivity index (χ2n) is 6.59. The van der Waals surface area contributed by atoms with Gasteiger partial charge in [0.1, 0.15) is 0 Å². The summed E-state index contributed by atoms with van der Waals surface area (Å²) in [6, 6.07) is 5.82. The number of benzene rings is 1. The van der Waals surface area contributed by atoms with Crippen LogP contribution in [0.3, 0.4) is 0 Å². The van der Waals surface area contributed by atoms with Gasteiger partial charge in [0.2, 0.25) is 5.91 Å². The van der Waals surface area contributed by atoms with E-state index in [0.29, 0.717) is 5.56 Å². The molecule has 0 spiro atoms. The molecule has 1 amide bonds. The van der Waals surface area contributed by atoms with Gasteiger partial charge < -0.3 is 5.73 Å². The Kier molecular flexibility index (Phi) is 3.37. The molecule has 0 saturated heterocycles. The van der Waals surface area contributed by atoms with Crippen LogP contribution in [0.25, 0.3) is 0 Å². The summed E-state index contributed by atoms with van der Waals surface area (Å²) >= 11 is 0. The highest BCUT2D eigenvalue weighted by atomic mass is 16.1. The molecule has 0 unspecified atom stereocenters. The molecule has 0 atom stereocenters. The van der Waals surface area contributed by atoms with E-state index < -0.39 is 0 Å². The van der Waals surface area contributed by atoms with E-state index in [2.05, 4.69) is 47.6 Å². The maximum absolute atomic E-state index is 11.6. The van der Waals surface area contributed by atoms with Crippen molar-refractivity contribution in [3.05, 3.63) is 34.9 Å². The van der Waals surface area contributed by atoms with Crippen molar-refractivity contribution in [3.63, 3.8) is 0 Å². The number of primary amides is 1. The van der Waals surface area contributed by atoms with E-state index in [4.69, 9.17) is 5.73 Å². The molecule has 0 bridgehead atoms. The highest BCUT2D eigenvalue weighted by molar-refractivity contribution is 5.95. The lowest BCUT2D eigenvalue weighted by Gasteiger charge is -2.31. The van der Waals surface area contributed by atoms with E-state index in [1.807, 2.05) is 12.1 Å². The number of amides is 1. The maximum Gasteiger partial charge on any atom is 0.249 e. The second-order valence-corrected chi connectivity index (χ2v) is 6.59. The molecule has 17 heavy (non-hydrogen) atoms. The summed E-state index contributed by atoms with van der Waals surface area (Å²) in [5, 5.41) is 0. The van der Waals surface area contributed by atoms with Gasteiger partial charge in [0, 0.05) is 5.56 Å². The maximum atomic E-state index is 11.6. The van der Waals surface area contributed by atoms with Gasteiger partial charge in [0.25, 0.3) is 0 Å². The van der Waals surface area contributed by atoms with Crippen LogP contribution in [0.5, 0.6) is 0 Å². The molecule has 0 heterocycles. The third kappa shape index (κ3) is 2.87. The van der Waals surface area contributed by atoms with Gasteiger partial charge in [-0.25, -0.2) is 0 Å². The van der Waals surface area contributed by atoms with Crippen molar-refractivity contribution >= 4 is 5.91 Å². The van der Waals surface area contributed by atoms with Crippen LogP contribution < -0.4 is 5.73 Å². The number of rotatable bonds is 1. The molecule has 0 saturated carbocycles. The van der Waals surface area contributed by atoms with Crippen molar-refractivity contribution < 1.29 is 4.79 Å². The molecular weight excluding hydrogens is 210 g/mol. The Morgan fingerprint density at radius 3 is 1.88 bits per heavy atom. The predicted octanol–water partition coefficient (Wildman–Crippen LogP) is 3.38. The van der Waals surface area contributed by atoms with Crippen molar-refractivity contribution in [1.82, 2.24) is 0 Å². The molecule has 0 aliphatic carbocycles. The SMILES string of the molecule is CC(C)(C)c1cccc(C(N)=O)c1C(C)(C)C. The van der Waals surface area contributed by atoms with Crippen LogP contribution in [0, 0.1) is 0 Å². The first kappa shape index (κ1) is 13.8. The number of carbonyl (C=O) groups excluding carboxylic acids is 1. The molecular formula is C15H23NO. The van der Waals surface area contributed by atoms with Gasteiger partial charge in [0.05, 0.1) is 0 Å². The lowest BCUT2D eigenvalue weighted by molar-refractivity contribution is 0.0998. The summed E-state index contributed by atoms with van der Waals surface area (Å²) in [6.45, 7) is 12.8. The Bertz CT molecular complexity index is 433. The number of carbonyl (C=O) groups is 1. The first-order valence-corrected chi connectivity index (χ1v) is 5.99. The largest absolute Gasteiger partial charge is 0.366 e. The first-order valence-electron chi connectivity index (χ1n) is 5.99. The zero-order valence-corrected chi connectivity index (χ0v) is 11.7. The third-order valence-corrected chi connectivity index (χ3v) is 2.89. The van der Waals surface area contributed by atoms with Gasteiger partial charge in [-0.2, -0.15) is 0 Å². The predicted molar refractivity (Wildman–Crippen MR) is 72.4 cm³/mol. The highest BCUT2D eigenvalue weighted by Crippen LogP contribution is 2.35. The van der Waals surface area contributed by atoms with Crippen LogP contribution in [0.4, 0.5) is 0 Å². The molecule has 0 fully saturated rings. The average molecular weight is 233 g/mol. The van der Waals surface area contributed by atoms with Gasteiger partial charge >= 0.3 is 0 Å². The normalized spacial score (nSPS) is 12.6. The van der Waals surface area contributed by atoms with Crippen LogP contribution >= 0.6 is 0 Å². The number of nitrogens with two attached hydrogens (primary N) is 1. The summed E-state index contributed by atoms with van der Waals surface area (Å²) in [5.41, 5.74) is 8.31. The number of hydrogen-bond acceptors (Lipinski definition) is 1. The van der Waals surface area contributed by atoms with Crippen molar-refractivity contribution in [2.45, 2.75) is 52.4 Å². The van der Waals surface area contributed by atoms with Gasteiger partial charge in [-0.15, -0.1) is 0 Å². The smallest absolute Gasteiger partial charge is 0.249 e. The fourth-order valence-corrected chi connectivity index (χ4v) is 2.19. The van der Waals surface area contributed by atoms with E-state index in [1.165, 1.54) is 5.56 Å². The van der Waals surface area contributed by atoms with Crippen LogP contribution in [0.1, 0.15) is 63.0 Å². The lowest BCUT2D eigenvalue weighted by Crippen LogP contribution is -2.27. The monoisotopic (exact) mass is 233 g/mol. The summed E-state index contributed by atoms with van der Waals surface area (Å²) in [4.78, 5) is 11.6. The van der Waals surface area contributed by atoms with Gasteiger partial charge in [-0.3, -0.25) is 4.79 Å².